The number of Topliss-reactive ketones (excluding diaryl/α,β-unsaturated/α-hetero) is 1. The maximum atomic E-state index is 13.2. The molecule has 1 fully saturated rings. The summed E-state index contributed by atoms with van der Waals surface area (Å²) in [6.45, 7) is 2.42. The second kappa shape index (κ2) is 9.29. The Kier molecular flexibility index (Phi) is 6.31. The summed E-state index contributed by atoms with van der Waals surface area (Å²) in [6, 6.07) is 11.7. The topological polar surface area (TPSA) is 54.0 Å². The Balaban J connectivity index is 1.52. The largest absolute Gasteiger partial charge is 0.493 e. The number of fused-ring (bicyclic) bond motifs is 1. The third-order valence-corrected chi connectivity index (χ3v) is 5.72. The molecule has 0 radical (unpaired) electrons. The van der Waals surface area contributed by atoms with Gasteiger partial charge >= 0.3 is 0 Å². The highest BCUT2D eigenvalue weighted by Gasteiger charge is 2.22. The Hall–Kier alpha value is -3.21. The van der Waals surface area contributed by atoms with Gasteiger partial charge in [-0.1, -0.05) is 31.2 Å². The zero-order valence-corrected chi connectivity index (χ0v) is 18.3. The fourth-order valence-corrected chi connectivity index (χ4v) is 4.25. The predicted molar refractivity (Wildman–Crippen MR) is 120 cm³/mol. The van der Waals surface area contributed by atoms with Crippen molar-refractivity contribution in [3.8, 4) is 23.0 Å². The van der Waals surface area contributed by atoms with Crippen molar-refractivity contribution >= 4 is 11.9 Å². The Labute approximate surface area is 183 Å². The number of hydrogen-bond acceptors (Lipinski definition) is 5. The summed E-state index contributed by atoms with van der Waals surface area (Å²) in [5, 5.41) is 0. The van der Waals surface area contributed by atoms with Gasteiger partial charge in [-0.2, -0.15) is 0 Å². The van der Waals surface area contributed by atoms with Gasteiger partial charge in [0.15, 0.2) is 28.8 Å². The van der Waals surface area contributed by atoms with Crippen LogP contribution in [0.3, 0.4) is 0 Å². The van der Waals surface area contributed by atoms with E-state index in [0.717, 1.165) is 53.9 Å². The highest BCUT2D eigenvalue weighted by molar-refractivity contribution is 6.11. The Bertz CT molecular complexity index is 1030. The van der Waals surface area contributed by atoms with Gasteiger partial charge in [-0.05, 0) is 67.0 Å². The third kappa shape index (κ3) is 4.61. The van der Waals surface area contributed by atoms with Crippen LogP contribution in [0.1, 0.15) is 37.3 Å². The van der Waals surface area contributed by atoms with E-state index in [9.17, 15) is 4.79 Å². The summed E-state index contributed by atoms with van der Waals surface area (Å²) >= 11 is 0. The summed E-state index contributed by atoms with van der Waals surface area (Å²) in [7, 11) is 3.23. The Morgan fingerprint density at radius 2 is 1.84 bits per heavy atom. The van der Waals surface area contributed by atoms with Gasteiger partial charge in [0, 0.05) is 11.1 Å². The van der Waals surface area contributed by atoms with Crippen LogP contribution in [0.4, 0.5) is 0 Å². The first-order valence-corrected chi connectivity index (χ1v) is 10.6. The lowest BCUT2D eigenvalue weighted by Crippen LogP contribution is -2.14. The number of carbonyl (C=O) groups is 1. The molecule has 4 rings (SSSR count). The first-order valence-electron chi connectivity index (χ1n) is 10.6. The first-order chi connectivity index (χ1) is 15.1. The van der Waals surface area contributed by atoms with Crippen LogP contribution < -0.4 is 18.9 Å². The van der Waals surface area contributed by atoms with Crippen molar-refractivity contribution in [3.05, 3.63) is 64.7 Å². The maximum absolute atomic E-state index is 13.2. The summed E-state index contributed by atoms with van der Waals surface area (Å²) in [4.78, 5) is 13.2. The van der Waals surface area contributed by atoms with Crippen molar-refractivity contribution in [1.82, 2.24) is 0 Å². The van der Waals surface area contributed by atoms with E-state index in [2.05, 4.69) is 19.1 Å². The molecule has 0 saturated heterocycles. The highest BCUT2D eigenvalue weighted by Crippen LogP contribution is 2.36. The number of ketones is 1. The molecule has 1 saturated carbocycles. The first kappa shape index (κ1) is 21.0. The zero-order chi connectivity index (χ0) is 21.8. The molecular weight excluding hydrogens is 392 g/mol. The molecule has 0 N–H and O–H groups in total. The zero-order valence-electron chi connectivity index (χ0n) is 18.3. The van der Waals surface area contributed by atoms with E-state index in [1.54, 1.807) is 14.2 Å². The Morgan fingerprint density at radius 3 is 2.65 bits per heavy atom. The number of ether oxygens (including phenoxy) is 4. The van der Waals surface area contributed by atoms with Crippen LogP contribution in [0, 0.1) is 5.92 Å². The molecule has 162 valence electrons. The lowest BCUT2D eigenvalue weighted by molar-refractivity contribution is -0.112. The summed E-state index contributed by atoms with van der Waals surface area (Å²) in [6.07, 6.45) is 7.47. The standard InChI is InChI=1S/C26H28O5/c1-17(12-18-10-11-22-24(14-18)31-16-30-22)13-19-6-4-7-20(25(19)27)15-21-8-5-9-23(28-2)26(21)29-3/h5,8-11,13-15,17H,4,6-7,12,16H2,1-3H3/b19-13+,20-15+. The van der Waals surface area contributed by atoms with Crippen LogP contribution in [-0.2, 0) is 11.2 Å². The maximum Gasteiger partial charge on any atom is 0.231 e. The molecule has 2 aliphatic rings. The van der Waals surface area contributed by atoms with E-state index in [4.69, 9.17) is 18.9 Å². The number of hydrogen-bond donors (Lipinski definition) is 0. The fourth-order valence-electron chi connectivity index (χ4n) is 4.25. The average molecular weight is 421 g/mol. The minimum absolute atomic E-state index is 0.133. The van der Waals surface area contributed by atoms with Crippen LogP contribution in [0.2, 0.25) is 0 Å². The molecule has 1 heterocycles. The molecule has 0 amide bonds. The van der Waals surface area contributed by atoms with Crippen LogP contribution in [-0.4, -0.2) is 26.8 Å². The van der Waals surface area contributed by atoms with Gasteiger partial charge in [0.1, 0.15) is 0 Å². The fraction of sp³-hybridized carbons (Fsp3) is 0.346. The number of para-hydroxylation sites is 1. The van der Waals surface area contributed by atoms with Crippen LogP contribution in [0.15, 0.2) is 53.6 Å². The van der Waals surface area contributed by atoms with E-state index in [0.29, 0.717) is 11.5 Å². The van der Waals surface area contributed by atoms with Gasteiger partial charge in [0.2, 0.25) is 6.79 Å². The lowest BCUT2D eigenvalue weighted by Gasteiger charge is -2.19. The Morgan fingerprint density at radius 1 is 1.03 bits per heavy atom. The van der Waals surface area contributed by atoms with Gasteiger partial charge in [0.25, 0.3) is 0 Å². The molecule has 2 aromatic carbocycles. The number of methoxy groups -OCH3 is 2. The smallest absolute Gasteiger partial charge is 0.231 e. The number of rotatable bonds is 6. The molecule has 5 heteroatoms. The average Bonchev–Trinajstić information content (AvgIpc) is 3.24. The molecule has 1 aliphatic carbocycles. The van der Waals surface area contributed by atoms with Crippen molar-refractivity contribution < 1.29 is 23.7 Å². The van der Waals surface area contributed by atoms with Gasteiger partial charge < -0.3 is 18.9 Å². The highest BCUT2D eigenvalue weighted by atomic mass is 16.7. The van der Waals surface area contributed by atoms with Gasteiger partial charge in [-0.15, -0.1) is 0 Å². The lowest BCUT2D eigenvalue weighted by atomic mass is 9.85. The number of benzene rings is 2. The van der Waals surface area contributed by atoms with Crippen molar-refractivity contribution in [1.29, 1.82) is 0 Å². The van der Waals surface area contributed by atoms with Crippen molar-refractivity contribution in [2.24, 2.45) is 5.92 Å². The van der Waals surface area contributed by atoms with Crippen molar-refractivity contribution in [3.63, 3.8) is 0 Å². The van der Waals surface area contributed by atoms with E-state index < -0.39 is 0 Å². The molecule has 1 atom stereocenters. The molecule has 0 bridgehead atoms. The minimum Gasteiger partial charge on any atom is -0.493 e. The van der Waals surface area contributed by atoms with E-state index >= 15 is 0 Å². The third-order valence-electron chi connectivity index (χ3n) is 5.72. The predicted octanol–water partition coefficient (Wildman–Crippen LogP) is 5.37. The number of carbonyl (C=O) groups excluding carboxylic acids is 1. The van der Waals surface area contributed by atoms with Crippen LogP contribution >= 0.6 is 0 Å². The SMILES string of the molecule is COc1cccc(/C=C2\CCC/C(=C\C(C)Cc3ccc4c(c3)OCO4)C2=O)c1OC. The van der Waals surface area contributed by atoms with Crippen LogP contribution in [0.5, 0.6) is 23.0 Å². The van der Waals surface area contributed by atoms with Gasteiger partial charge in [-0.3, -0.25) is 4.79 Å². The molecule has 1 aliphatic heterocycles. The monoisotopic (exact) mass is 420 g/mol. The molecular formula is C26H28O5. The van der Waals surface area contributed by atoms with Gasteiger partial charge in [-0.25, -0.2) is 0 Å². The van der Waals surface area contributed by atoms with Crippen LogP contribution in [0.25, 0.3) is 6.08 Å². The molecule has 2 aromatic rings. The molecule has 5 nitrogen and oxygen atoms in total. The van der Waals surface area contributed by atoms with Crippen molar-refractivity contribution in [2.75, 3.05) is 21.0 Å². The summed E-state index contributed by atoms with van der Waals surface area (Å²) in [5.74, 6) is 3.27. The second-order valence-corrected chi connectivity index (χ2v) is 8.00. The van der Waals surface area contributed by atoms with E-state index in [1.807, 2.05) is 36.4 Å². The van der Waals surface area contributed by atoms with E-state index in [-0.39, 0.29) is 18.5 Å². The van der Waals surface area contributed by atoms with Gasteiger partial charge in [0.05, 0.1) is 14.2 Å². The second-order valence-electron chi connectivity index (χ2n) is 8.00. The van der Waals surface area contributed by atoms with E-state index in [1.165, 1.54) is 5.56 Å². The molecule has 0 aromatic heterocycles. The normalized spacial score (nSPS) is 19.0. The number of allylic oxidation sites excluding steroid dienone is 3. The summed E-state index contributed by atoms with van der Waals surface area (Å²) in [5.41, 5.74) is 3.75. The molecule has 1 unspecified atom stereocenters. The molecule has 0 spiro atoms. The minimum atomic E-state index is 0.133. The van der Waals surface area contributed by atoms with Crippen molar-refractivity contribution in [2.45, 2.75) is 32.6 Å². The summed E-state index contributed by atoms with van der Waals surface area (Å²) < 4.78 is 21.8. The quantitative estimate of drug-likeness (QED) is 0.588. The molecule has 31 heavy (non-hydrogen) atoms.